The van der Waals surface area contributed by atoms with Gasteiger partial charge in [0.1, 0.15) is 0 Å². The van der Waals surface area contributed by atoms with E-state index in [9.17, 15) is 23.3 Å². The van der Waals surface area contributed by atoms with Crippen LogP contribution in [0.15, 0.2) is 47.4 Å². The van der Waals surface area contributed by atoms with Crippen LogP contribution in [0.2, 0.25) is 0 Å². The van der Waals surface area contributed by atoms with Crippen LogP contribution in [0.4, 0.5) is 5.69 Å². The van der Waals surface area contributed by atoms with E-state index >= 15 is 0 Å². The molecule has 0 radical (unpaired) electrons. The largest absolute Gasteiger partial charge is 0.340 e. The summed E-state index contributed by atoms with van der Waals surface area (Å²) >= 11 is 0. The molecule has 154 valence electrons. The summed E-state index contributed by atoms with van der Waals surface area (Å²) in [6.45, 7) is 4.46. The number of carbonyl (C=O) groups is 1. The summed E-state index contributed by atoms with van der Waals surface area (Å²) in [7, 11) is -3.87. The molecule has 0 N–H and O–H groups in total. The minimum atomic E-state index is -3.87. The van der Waals surface area contributed by atoms with Crippen molar-refractivity contribution in [1.82, 2.24) is 9.21 Å². The summed E-state index contributed by atoms with van der Waals surface area (Å²) in [6, 6.07) is 11.5. The smallest absolute Gasteiger partial charge is 0.270 e. The zero-order chi connectivity index (χ0) is 21.2. The van der Waals surface area contributed by atoms with Gasteiger partial charge in [-0.2, -0.15) is 4.31 Å². The van der Waals surface area contributed by atoms with Gasteiger partial charge < -0.3 is 4.90 Å². The molecule has 1 aliphatic rings. The van der Waals surface area contributed by atoms with E-state index in [0.717, 1.165) is 17.2 Å². The van der Waals surface area contributed by atoms with Crippen LogP contribution < -0.4 is 0 Å². The highest BCUT2D eigenvalue weighted by Gasteiger charge is 2.32. The molecular formula is C20H23N3O5S. The van der Waals surface area contributed by atoms with Crippen LogP contribution in [-0.4, -0.2) is 54.6 Å². The van der Waals surface area contributed by atoms with Crippen molar-refractivity contribution < 1.29 is 18.1 Å². The average molecular weight is 417 g/mol. The number of amides is 1. The van der Waals surface area contributed by atoms with Gasteiger partial charge in [-0.1, -0.05) is 30.3 Å². The molecule has 8 nitrogen and oxygen atoms in total. The van der Waals surface area contributed by atoms with Crippen LogP contribution in [0.3, 0.4) is 0 Å². The summed E-state index contributed by atoms with van der Waals surface area (Å²) in [5.74, 6) is -0.0390. The van der Waals surface area contributed by atoms with Crippen molar-refractivity contribution in [3.05, 3.63) is 69.3 Å². The summed E-state index contributed by atoms with van der Waals surface area (Å²) in [5.41, 5.74) is 2.19. The van der Waals surface area contributed by atoms with E-state index in [0.29, 0.717) is 5.56 Å². The summed E-state index contributed by atoms with van der Waals surface area (Å²) in [4.78, 5) is 24.6. The van der Waals surface area contributed by atoms with E-state index in [1.807, 2.05) is 31.2 Å². The number of carbonyl (C=O) groups excluding carboxylic acids is 1. The second kappa shape index (κ2) is 8.30. The van der Waals surface area contributed by atoms with E-state index in [1.54, 1.807) is 11.8 Å². The quantitative estimate of drug-likeness (QED) is 0.549. The number of nitro groups is 1. The number of hydrogen-bond donors (Lipinski definition) is 0. The van der Waals surface area contributed by atoms with E-state index in [4.69, 9.17) is 0 Å². The van der Waals surface area contributed by atoms with Gasteiger partial charge >= 0.3 is 0 Å². The topological polar surface area (TPSA) is 101 Å². The lowest BCUT2D eigenvalue weighted by Gasteiger charge is -2.34. The maximum absolute atomic E-state index is 13.0. The fourth-order valence-electron chi connectivity index (χ4n) is 3.38. The number of benzene rings is 2. The maximum Gasteiger partial charge on any atom is 0.270 e. The second-order valence-electron chi connectivity index (χ2n) is 7.10. The molecule has 29 heavy (non-hydrogen) atoms. The average Bonchev–Trinajstić information content (AvgIpc) is 2.69. The zero-order valence-electron chi connectivity index (χ0n) is 16.4. The molecule has 3 rings (SSSR count). The molecule has 1 saturated heterocycles. The first-order chi connectivity index (χ1) is 13.7. The number of nitrogens with zero attached hydrogens (tertiary/aromatic N) is 3. The molecule has 0 spiro atoms. The first kappa shape index (κ1) is 20.9. The molecule has 0 saturated carbocycles. The van der Waals surface area contributed by atoms with Crippen LogP contribution in [0.1, 0.15) is 16.7 Å². The standard InChI is InChI=1S/C20H23N3O5S/c1-15-5-3-4-6-17(15)13-20(24)21-9-11-22(12-10-21)29(27,28)19-14-18(23(25)26)8-7-16(19)2/h3-8,14H,9-13H2,1-2H3. The van der Waals surface area contributed by atoms with Gasteiger partial charge in [0.05, 0.1) is 16.2 Å². The number of piperazine rings is 1. The molecule has 0 unspecified atom stereocenters. The maximum atomic E-state index is 13.0. The molecule has 2 aromatic carbocycles. The highest BCUT2D eigenvalue weighted by Crippen LogP contribution is 2.25. The van der Waals surface area contributed by atoms with Gasteiger partial charge in [-0.3, -0.25) is 14.9 Å². The molecule has 0 atom stereocenters. The minimum Gasteiger partial charge on any atom is -0.340 e. The van der Waals surface area contributed by atoms with Gasteiger partial charge in [0, 0.05) is 38.3 Å². The van der Waals surface area contributed by atoms with Crippen molar-refractivity contribution in [1.29, 1.82) is 0 Å². The van der Waals surface area contributed by atoms with Crippen molar-refractivity contribution in [2.75, 3.05) is 26.2 Å². The SMILES string of the molecule is Cc1ccccc1CC(=O)N1CCN(S(=O)(=O)c2cc([N+](=O)[O-])ccc2C)CC1. The number of non-ortho nitro benzene ring substituents is 1. The van der Waals surface area contributed by atoms with Gasteiger partial charge in [0.2, 0.25) is 15.9 Å². The van der Waals surface area contributed by atoms with E-state index in [2.05, 4.69) is 0 Å². The molecule has 0 aliphatic carbocycles. The van der Waals surface area contributed by atoms with Crippen LogP contribution in [-0.2, 0) is 21.2 Å². The molecular weight excluding hydrogens is 394 g/mol. The molecule has 1 amide bonds. The fourth-order valence-corrected chi connectivity index (χ4v) is 5.05. The fraction of sp³-hybridized carbons (Fsp3) is 0.350. The third-order valence-electron chi connectivity index (χ3n) is 5.19. The molecule has 1 heterocycles. The van der Waals surface area contributed by atoms with E-state index in [-0.39, 0.29) is 49.1 Å². The normalized spacial score (nSPS) is 15.3. The molecule has 9 heteroatoms. The Kier molecular flexibility index (Phi) is 5.99. The number of rotatable bonds is 5. The Morgan fingerprint density at radius 2 is 1.69 bits per heavy atom. The Morgan fingerprint density at radius 3 is 2.31 bits per heavy atom. The van der Waals surface area contributed by atoms with Crippen LogP contribution in [0.5, 0.6) is 0 Å². The van der Waals surface area contributed by atoms with Crippen molar-refractivity contribution in [2.45, 2.75) is 25.2 Å². The number of aryl methyl sites for hydroxylation is 2. The van der Waals surface area contributed by atoms with Gasteiger partial charge in [-0.05, 0) is 30.5 Å². The van der Waals surface area contributed by atoms with E-state index < -0.39 is 14.9 Å². The van der Waals surface area contributed by atoms with Gasteiger partial charge in [-0.15, -0.1) is 0 Å². The van der Waals surface area contributed by atoms with E-state index in [1.165, 1.54) is 16.4 Å². The van der Waals surface area contributed by atoms with Gasteiger partial charge in [0.25, 0.3) is 5.69 Å². The van der Waals surface area contributed by atoms with Crippen molar-refractivity contribution in [2.24, 2.45) is 0 Å². The third-order valence-corrected chi connectivity index (χ3v) is 7.24. The molecule has 0 bridgehead atoms. The summed E-state index contributed by atoms with van der Waals surface area (Å²) in [5, 5.41) is 11.0. The lowest BCUT2D eigenvalue weighted by molar-refractivity contribution is -0.385. The van der Waals surface area contributed by atoms with Crippen molar-refractivity contribution in [3.63, 3.8) is 0 Å². The Hall–Kier alpha value is -2.78. The monoisotopic (exact) mass is 417 g/mol. The highest BCUT2D eigenvalue weighted by molar-refractivity contribution is 7.89. The molecule has 2 aromatic rings. The van der Waals surface area contributed by atoms with Gasteiger partial charge in [0.15, 0.2) is 0 Å². The molecule has 1 aliphatic heterocycles. The minimum absolute atomic E-state index is 0.0390. The van der Waals surface area contributed by atoms with Crippen LogP contribution in [0, 0.1) is 24.0 Å². The Labute approximate surface area is 169 Å². The zero-order valence-corrected chi connectivity index (χ0v) is 17.2. The van der Waals surface area contributed by atoms with Gasteiger partial charge in [-0.25, -0.2) is 8.42 Å². The summed E-state index contributed by atoms with van der Waals surface area (Å²) < 4.78 is 27.3. The number of hydrogen-bond acceptors (Lipinski definition) is 5. The van der Waals surface area contributed by atoms with Crippen molar-refractivity contribution in [3.8, 4) is 0 Å². The third kappa shape index (κ3) is 4.46. The highest BCUT2D eigenvalue weighted by atomic mass is 32.2. The molecule has 1 fully saturated rings. The van der Waals surface area contributed by atoms with Crippen molar-refractivity contribution >= 4 is 21.6 Å². The first-order valence-corrected chi connectivity index (χ1v) is 10.7. The Bertz CT molecular complexity index is 1040. The first-order valence-electron chi connectivity index (χ1n) is 9.27. The lowest BCUT2D eigenvalue weighted by Crippen LogP contribution is -2.51. The number of nitro benzene ring substituents is 1. The summed E-state index contributed by atoms with van der Waals surface area (Å²) in [6.07, 6.45) is 0.281. The Morgan fingerprint density at radius 1 is 1.03 bits per heavy atom. The Balaban J connectivity index is 1.70. The predicted octanol–water partition coefficient (Wildman–Crippen LogP) is 2.29. The lowest BCUT2D eigenvalue weighted by atomic mass is 10.1. The van der Waals surface area contributed by atoms with Crippen LogP contribution in [0.25, 0.3) is 0 Å². The second-order valence-corrected chi connectivity index (χ2v) is 9.00. The number of sulfonamides is 1. The van der Waals surface area contributed by atoms with Crippen LogP contribution >= 0.6 is 0 Å². The predicted molar refractivity (Wildman–Crippen MR) is 108 cm³/mol. The molecule has 0 aromatic heterocycles.